The summed E-state index contributed by atoms with van der Waals surface area (Å²) in [5, 5.41) is 2.80. The van der Waals surface area contributed by atoms with Crippen LogP contribution in [0.3, 0.4) is 0 Å². The van der Waals surface area contributed by atoms with Crippen molar-refractivity contribution in [1.82, 2.24) is 5.32 Å². The topological polar surface area (TPSA) is 56.8 Å². The van der Waals surface area contributed by atoms with Gasteiger partial charge in [-0.3, -0.25) is 4.79 Å². The van der Waals surface area contributed by atoms with E-state index >= 15 is 0 Å². The van der Waals surface area contributed by atoms with Gasteiger partial charge in [-0.05, 0) is 43.2 Å². The second-order valence-electron chi connectivity index (χ2n) is 5.60. The van der Waals surface area contributed by atoms with Crippen LogP contribution in [-0.4, -0.2) is 32.3 Å². The first-order valence-corrected chi connectivity index (χ1v) is 8.73. The van der Waals surface area contributed by atoms with E-state index in [9.17, 15) is 13.6 Å². The first-order valence-electron chi connectivity index (χ1n) is 8.73. The lowest BCUT2D eigenvalue weighted by Crippen LogP contribution is -2.27. The number of para-hydroxylation sites is 2. The average molecular weight is 379 g/mol. The molecule has 0 radical (unpaired) electrons. The van der Waals surface area contributed by atoms with Crippen LogP contribution >= 0.6 is 0 Å². The summed E-state index contributed by atoms with van der Waals surface area (Å²) in [6.45, 7) is 0.288. The zero-order chi connectivity index (χ0) is 19.5. The number of carbonyl (C=O) groups is 1. The van der Waals surface area contributed by atoms with Crippen molar-refractivity contribution >= 4 is 5.91 Å². The van der Waals surface area contributed by atoms with E-state index in [1.54, 1.807) is 18.2 Å². The zero-order valence-corrected chi connectivity index (χ0v) is 15.1. The second-order valence-corrected chi connectivity index (χ2v) is 5.60. The van der Waals surface area contributed by atoms with Gasteiger partial charge in [0.25, 0.3) is 0 Å². The van der Waals surface area contributed by atoms with E-state index in [2.05, 4.69) is 10.1 Å². The molecule has 5 nitrogen and oxygen atoms in total. The molecule has 7 heteroatoms. The SMILES string of the molecule is CCOc1ccccc1OCCC(=O)NCCc1ccc(OC(F)F)cc1. The van der Waals surface area contributed by atoms with Gasteiger partial charge in [-0.25, -0.2) is 0 Å². The Bertz CT molecular complexity index is 707. The molecular weight excluding hydrogens is 356 g/mol. The fraction of sp³-hybridized carbons (Fsp3) is 0.350. The van der Waals surface area contributed by atoms with Crippen LogP contribution in [0, 0.1) is 0 Å². The molecule has 0 atom stereocenters. The van der Waals surface area contributed by atoms with Crippen molar-refractivity contribution in [3.8, 4) is 17.2 Å². The Morgan fingerprint density at radius 3 is 2.33 bits per heavy atom. The Balaban J connectivity index is 1.66. The number of carbonyl (C=O) groups excluding carboxylic acids is 1. The molecule has 0 unspecified atom stereocenters. The van der Waals surface area contributed by atoms with Gasteiger partial charge >= 0.3 is 6.61 Å². The number of ether oxygens (including phenoxy) is 3. The van der Waals surface area contributed by atoms with Crippen LogP contribution in [0.25, 0.3) is 0 Å². The van der Waals surface area contributed by atoms with Gasteiger partial charge in [0.1, 0.15) is 5.75 Å². The van der Waals surface area contributed by atoms with E-state index in [-0.39, 0.29) is 24.7 Å². The van der Waals surface area contributed by atoms with Crippen molar-refractivity contribution in [3.63, 3.8) is 0 Å². The smallest absolute Gasteiger partial charge is 0.387 e. The van der Waals surface area contributed by atoms with Gasteiger partial charge in [0.15, 0.2) is 11.5 Å². The number of hydrogen-bond acceptors (Lipinski definition) is 4. The second kappa shape index (κ2) is 11.0. The monoisotopic (exact) mass is 379 g/mol. The maximum Gasteiger partial charge on any atom is 0.387 e. The van der Waals surface area contributed by atoms with E-state index in [1.807, 2.05) is 25.1 Å². The first kappa shape index (κ1) is 20.5. The van der Waals surface area contributed by atoms with Gasteiger partial charge in [-0.1, -0.05) is 24.3 Å². The molecule has 0 bridgehead atoms. The number of halogens is 2. The zero-order valence-electron chi connectivity index (χ0n) is 15.1. The number of rotatable bonds is 11. The highest BCUT2D eigenvalue weighted by atomic mass is 19.3. The summed E-state index contributed by atoms with van der Waals surface area (Å²) in [5.41, 5.74) is 0.916. The van der Waals surface area contributed by atoms with E-state index in [0.29, 0.717) is 31.1 Å². The highest BCUT2D eigenvalue weighted by Crippen LogP contribution is 2.26. The predicted octanol–water partition coefficient (Wildman–Crippen LogP) is 3.81. The standard InChI is InChI=1S/C20H23F2NO4/c1-2-25-17-5-3-4-6-18(17)26-14-12-19(24)23-13-11-15-7-9-16(10-8-15)27-20(21)22/h3-10,20H,2,11-14H2,1H3,(H,23,24). The quantitative estimate of drug-likeness (QED) is 0.645. The summed E-state index contributed by atoms with van der Waals surface area (Å²) in [6.07, 6.45) is 0.816. The molecule has 0 aromatic heterocycles. The van der Waals surface area contributed by atoms with Crippen LogP contribution in [0.2, 0.25) is 0 Å². The summed E-state index contributed by atoms with van der Waals surface area (Å²) >= 11 is 0. The molecule has 0 spiro atoms. The molecule has 0 aliphatic rings. The molecule has 146 valence electrons. The van der Waals surface area contributed by atoms with Gasteiger partial charge in [-0.15, -0.1) is 0 Å². The van der Waals surface area contributed by atoms with Gasteiger partial charge in [-0.2, -0.15) is 8.78 Å². The van der Waals surface area contributed by atoms with Crippen molar-refractivity contribution < 1.29 is 27.8 Å². The first-order chi connectivity index (χ1) is 13.1. The molecule has 0 heterocycles. The Labute approximate surface area is 157 Å². The largest absolute Gasteiger partial charge is 0.490 e. The lowest BCUT2D eigenvalue weighted by atomic mass is 10.1. The average Bonchev–Trinajstić information content (AvgIpc) is 2.64. The predicted molar refractivity (Wildman–Crippen MR) is 97.5 cm³/mol. The Morgan fingerprint density at radius 2 is 1.70 bits per heavy atom. The molecule has 27 heavy (non-hydrogen) atoms. The number of amides is 1. The molecule has 2 aromatic carbocycles. The minimum Gasteiger partial charge on any atom is -0.490 e. The maximum atomic E-state index is 12.1. The molecule has 1 N–H and O–H groups in total. The lowest BCUT2D eigenvalue weighted by molar-refractivity contribution is -0.121. The minimum absolute atomic E-state index is 0.113. The molecule has 0 aliphatic heterocycles. The number of alkyl halides is 2. The van der Waals surface area contributed by atoms with Crippen molar-refractivity contribution in [1.29, 1.82) is 0 Å². The number of hydrogen-bond donors (Lipinski definition) is 1. The summed E-state index contributed by atoms with van der Waals surface area (Å²) in [7, 11) is 0. The van der Waals surface area contributed by atoms with Crippen molar-refractivity contribution in [3.05, 3.63) is 54.1 Å². The van der Waals surface area contributed by atoms with Crippen LogP contribution in [0.15, 0.2) is 48.5 Å². The molecule has 0 saturated heterocycles. The molecule has 2 rings (SSSR count). The van der Waals surface area contributed by atoms with E-state index in [1.165, 1.54) is 12.1 Å². The van der Waals surface area contributed by atoms with Crippen LogP contribution in [0.4, 0.5) is 8.78 Å². The van der Waals surface area contributed by atoms with Gasteiger partial charge in [0.05, 0.1) is 19.6 Å². The summed E-state index contributed by atoms with van der Waals surface area (Å²) in [4.78, 5) is 11.9. The normalized spacial score (nSPS) is 10.5. The highest BCUT2D eigenvalue weighted by Gasteiger charge is 2.07. The van der Waals surface area contributed by atoms with Crippen LogP contribution in [0.5, 0.6) is 17.2 Å². The minimum atomic E-state index is -2.84. The Morgan fingerprint density at radius 1 is 1.04 bits per heavy atom. The van der Waals surface area contributed by atoms with Crippen LogP contribution < -0.4 is 19.5 Å². The fourth-order valence-electron chi connectivity index (χ4n) is 2.37. The van der Waals surface area contributed by atoms with Gasteiger partial charge in [0, 0.05) is 6.54 Å². The van der Waals surface area contributed by atoms with Crippen molar-refractivity contribution in [2.24, 2.45) is 0 Å². The third-order valence-electron chi connectivity index (χ3n) is 3.62. The summed E-state index contributed by atoms with van der Waals surface area (Å²) in [5.74, 6) is 1.25. The van der Waals surface area contributed by atoms with Crippen LogP contribution in [0.1, 0.15) is 18.9 Å². The number of nitrogens with one attached hydrogen (secondary N) is 1. The third-order valence-corrected chi connectivity index (χ3v) is 3.62. The number of benzene rings is 2. The summed E-state index contributed by atoms with van der Waals surface area (Å²) < 4.78 is 39.6. The molecule has 0 fully saturated rings. The van der Waals surface area contributed by atoms with Crippen molar-refractivity contribution in [2.75, 3.05) is 19.8 Å². The van der Waals surface area contributed by atoms with E-state index in [4.69, 9.17) is 9.47 Å². The Hall–Kier alpha value is -2.83. The molecular formula is C20H23F2NO4. The van der Waals surface area contributed by atoms with Crippen molar-refractivity contribution in [2.45, 2.75) is 26.4 Å². The lowest BCUT2D eigenvalue weighted by Gasteiger charge is -2.11. The Kier molecular flexibility index (Phi) is 8.35. The van der Waals surface area contributed by atoms with Gasteiger partial charge in [0.2, 0.25) is 5.91 Å². The van der Waals surface area contributed by atoms with E-state index in [0.717, 1.165) is 5.56 Å². The maximum absolute atomic E-state index is 12.1. The molecule has 2 aromatic rings. The fourth-order valence-corrected chi connectivity index (χ4v) is 2.37. The molecule has 1 amide bonds. The van der Waals surface area contributed by atoms with Crippen LogP contribution in [-0.2, 0) is 11.2 Å². The highest BCUT2D eigenvalue weighted by molar-refractivity contribution is 5.76. The van der Waals surface area contributed by atoms with E-state index < -0.39 is 6.61 Å². The molecule has 0 saturated carbocycles. The summed E-state index contributed by atoms with van der Waals surface area (Å²) in [6, 6.07) is 13.7. The molecule has 0 aliphatic carbocycles. The third kappa shape index (κ3) is 7.52. The van der Waals surface area contributed by atoms with Gasteiger partial charge < -0.3 is 19.5 Å².